The lowest BCUT2D eigenvalue weighted by atomic mass is 10.2. The maximum Gasteiger partial charge on any atom is 0.341 e. The maximum absolute atomic E-state index is 10.5. The van der Waals surface area contributed by atoms with Crippen LogP contribution in [0.15, 0.2) is 54.6 Å². The quantitative estimate of drug-likeness (QED) is 0.835. The monoisotopic (exact) mass is 257 g/mol. The van der Waals surface area contributed by atoms with Crippen LogP contribution < -0.4 is 10.1 Å². The van der Waals surface area contributed by atoms with Gasteiger partial charge in [-0.25, -0.2) is 4.79 Å². The normalized spacial score (nSPS) is 9.89. The number of anilines is 1. The molecule has 2 N–H and O–H groups in total. The average Bonchev–Trinajstić information content (AvgIpc) is 2.45. The molecule has 0 bridgehead atoms. The van der Waals surface area contributed by atoms with Gasteiger partial charge in [0.2, 0.25) is 0 Å². The first-order chi connectivity index (χ1) is 9.25. The van der Waals surface area contributed by atoms with Crippen LogP contribution in [0.5, 0.6) is 5.75 Å². The van der Waals surface area contributed by atoms with E-state index in [4.69, 9.17) is 9.84 Å². The standard InChI is InChI=1S/C15H15NO3/c17-15(18)11-19-14-9-5-4-6-12(14)10-16-13-7-2-1-3-8-13/h1-9,16H,10-11H2,(H,17,18). The predicted octanol–water partition coefficient (Wildman–Crippen LogP) is 2.76. The van der Waals surface area contributed by atoms with Crippen molar-refractivity contribution in [3.05, 3.63) is 60.2 Å². The molecule has 4 heteroatoms. The molecule has 19 heavy (non-hydrogen) atoms. The Morgan fingerprint density at radius 3 is 2.47 bits per heavy atom. The summed E-state index contributed by atoms with van der Waals surface area (Å²) in [7, 11) is 0. The zero-order chi connectivity index (χ0) is 13.5. The Morgan fingerprint density at radius 2 is 1.74 bits per heavy atom. The van der Waals surface area contributed by atoms with E-state index in [1.165, 1.54) is 0 Å². The van der Waals surface area contributed by atoms with E-state index in [0.29, 0.717) is 12.3 Å². The molecule has 0 amide bonds. The van der Waals surface area contributed by atoms with Gasteiger partial charge in [0.25, 0.3) is 0 Å². The minimum atomic E-state index is -0.981. The van der Waals surface area contributed by atoms with E-state index in [0.717, 1.165) is 11.3 Å². The van der Waals surface area contributed by atoms with E-state index in [1.54, 1.807) is 6.07 Å². The van der Waals surface area contributed by atoms with Gasteiger partial charge in [0.1, 0.15) is 5.75 Å². The highest BCUT2D eigenvalue weighted by molar-refractivity contribution is 5.68. The second-order valence-corrected chi connectivity index (χ2v) is 4.01. The topological polar surface area (TPSA) is 58.6 Å². The minimum Gasteiger partial charge on any atom is -0.482 e. The van der Waals surface area contributed by atoms with E-state index in [1.807, 2.05) is 48.5 Å². The summed E-state index contributed by atoms with van der Waals surface area (Å²) in [5.41, 5.74) is 1.93. The first-order valence-electron chi connectivity index (χ1n) is 5.97. The van der Waals surface area contributed by atoms with Crippen molar-refractivity contribution in [3.63, 3.8) is 0 Å². The van der Waals surface area contributed by atoms with Crippen LogP contribution in [0.4, 0.5) is 5.69 Å². The van der Waals surface area contributed by atoms with Crippen LogP contribution in [-0.2, 0) is 11.3 Å². The number of carbonyl (C=O) groups is 1. The molecule has 0 aliphatic heterocycles. The van der Waals surface area contributed by atoms with Crippen LogP contribution in [0.1, 0.15) is 5.56 Å². The fraction of sp³-hybridized carbons (Fsp3) is 0.133. The zero-order valence-electron chi connectivity index (χ0n) is 10.4. The Balaban J connectivity index is 2.01. The van der Waals surface area contributed by atoms with Crippen molar-refractivity contribution >= 4 is 11.7 Å². The molecule has 98 valence electrons. The van der Waals surface area contributed by atoms with Crippen molar-refractivity contribution in [1.29, 1.82) is 0 Å². The number of carboxylic acids is 1. The lowest BCUT2D eigenvalue weighted by Gasteiger charge is -2.11. The largest absolute Gasteiger partial charge is 0.482 e. The van der Waals surface area contributed by atoms with E-state index >= 15 is 0 Å². The van der Waals surface area contributed by atoms with Crippen LogP contribution in [-0.4, -0.2) is 17.7 Å². The Labute approximate surface area is 111 Å². The van der Waals surface area contributed by atoms with Crippen LogP contribution in [0.25, 0.3) is 0 Å². The van der Waals surface area contributed by atoms with E-state index in [-0.39, 0.29) is 6.61 Å². The molecule has 0 radical (unpaired) electrons. The lowest BCUT2D eigenvalue weighted by molar-refractivity contribution is -0.139. The summed E-state index contributed by atoms with van der Waals surface area (Å²) in [6.45, 7) is 0.252. The van der Waals surface area contributed by atoms with Gasteiger partial charge >= 0.3 is 5.97 Å². The van der Waals surface area contributed by atoms with Crippen LogP contribution in [0, 0.1) is 0 Å². The molecule has 0 saturated carbocycles. The number of benzene rings is 2. The number of ether oxygens (including phenoxy) is 1. The smallest absolute Gasteiger partial charge is 0.341 e. The summed E-state index contributed by atoms with van der Waals surface area (Å²) in [4.78, 5) is 10.5. The van der Waals surface area contributed by atoms with Gasteiger partial charge < -0.3 is 15.2 Å². The minimum absolute atomic E-state index is 0.331. The highest BCUT2D eigenvalue weighted by atomic mass is 16.5. The number of hydrogen-bond acceptors (Lipinski definition) is 3. The molecular formula is C15H15NO3. The molecule has 0 aliphatic carbocycles. The summed E-state index contributed by atoms with van der Waals surface area (Å²) in [5.74, 6) is -0.390. The molecule has 0 aliphatic rings. The molecule has 0 spiro atoms. The van der Waals surface area contributed by atoms with Gasteiger partial charge in [0.05, 0.1) is 0 Å². The van der Waals surface area contributed by atoms with Crippen molar-refractivity contribution in [3.8, 4) is 5.75 Å². The fourth-order valence-corrected chi connectivity index (χ4v) is 1.68. The predicted molar refractivity (Wildman–Crippen MR) is 73.3 cm³/mol. The van der Waals surface area contributed by atoms with Gasteiger partial charge in [-0.05, 0) is 18.2 Å². The molecule has 0 aromatic heterocycles. The van der Waals surface area contributed by atoms with Crippen LogP contribution >= 0.6 is 0 Å². The first-order valence-corrected chi connectivity index (χ1v) is 5.97. The molecule has 0 atom stereocenters. The third-order valence-electron chi connectivity index (χ3n) is 2.58. The maximum atomic E-state index is 10.5. The number of para-hydroxylation sites is 2. The Morgan fingerprint density at radius 1 is 1.05 bits per heavy atom. The molecule has 2 rings (SSSR count). The second-order valence-electron chi connectivity index (χ2n) is 4.01. The average molecular weight is 257 g/mol. The molecule has 0 unspecified atom stereocenters. The number of nitrogens with one attached hydrogen (secondary N) is 1. The Hall–Kier alpha value is -2.49. The summed E-state index contributed by atoms with van der Waals surface area (Å²) in [5, 5.41) is 11.9. The van der Waals surface area contributed by atoms with Gasteiger partial charge in [-0.2, -0.15) is 0 Å². The van der Waals surface area contributed by atoms with Gasteiger partial charge in [-0.3, -0.25) is 0 Å². The first kappa shape index (κ1) is 13.0. The molecule has 0 saturated heterocycles. The summed E-state index contributed by atoms with van der Waals surface area (Å²) < 4.78 is 5.25. The molecule has 0 fully saturated rings. The van der Waals surface area contributed by atoms with Gasteiger partial charge in [0.15, 0.2) is 6.61 Å². The van der Waals surface area contributed by atoms with Gasteiger partial charge in [0, 0.05) is 17.8 Å². The van der Waals surface area contributed by atoms with E-state index < -0.39 is 5.97 Å². The van der Waals surface area contributed by atoms with Crippen LogP contribution in [0.3, 0.4) is 0 Å². The van der Waals surface area contributed by atoms with Crippen molar-refractivity contribution in [1.82, 2.24) is 0 Å². The highest BCUT2D eigenvalue weighted by Gasteiger charge is 2.05. The number of hydrogen-bond donors (Lipinski definition) is 2. The summed E-state index contributed by atoms with van der Waals surface area (Å²) in [6, 6.07) is 17.2. The third kappa shape index (κ3) is 4.03. The highest BCUT2D eigenvalue weighted by Crippen LogP contribution is 2.19. The summed E-state index contributed by atoms with van der Waals surface area (Å²) in [6.07, 6.45) is 0. The van der Waals surface area contributed by atoms with Crippen molar-refractivity contribution in [2.24, 2.45) is 0 Å². The molecular weight excluding hydrogens is 242 g/mol. The van der Waals surface area contributed by atoms with E-state index in [9.17, 15) is 4.79 Å². The van der Waals surface area contributed by atoms with Gasteiger partial charge in [-0.15, -0.1) is 0 Å². The molecule has 0 heterocycles. The van der Waals surface area contributed by atoms with Crippen molar-refractivity contribution in [2.45, 2.75) is 6.54 Å². The SMILES string of the molecule is O=C(O)COc1ccccc1CNc1ccccc1. The second kappa shape index (κ2) is 6.44. The fourth-order valence-electron chi connectivity index (χ4n) is 1.68. The number of aliphatic carboxylic acids is 1. The zero-order valence-corrected chi connectivity index (χ0v) is 10.4. The van der Waals surface area contributed by atoms with Gasteiger partial charge in [-0.1, -0.05) is 36.4 Å². The number of rotatable bonds is 6. The molecule has 2 aromatic carbocycles. The van der Waals surface area contributed by atoms with Crippen molar-refractivity contribution < 1.29 is 14.6 Å². The number of carboxylic acid groups (broad SMARTS) is 1. The van der Waals surface area contributed by atoms with Crippen LogP contribution in [0.2, 0.25) is 0 Å². The lowest BCUT2D eigenvalue weighted by Crippen LogP contribution is -2.11. The molecule has 4 nitrogen and oxygen atoms in total. The van der Waals surface area contributed by atoms with Crippen molar-refractivity contribution in [2.75, 3.05) is 11.9 Å². The third-order valence-corrected chi connectivity index (χ3v) is 2.58. The summed E-state index contributed by atoms with van der Waals surface area (Å²) >= 11 is 0. The Kier molecular flexibility index (Phi) is 4.39. The molecule has 2 aromatic rings. The Bertz CT molecular complexity index is 540. The van der Waals surface area contributed by atoms with E-state index in [2.05, 4.69) is 5.32 Å².